The Bertz CT molecular complexity index is 886. The van der Waals surface area contributed by atoms with Crippen LogP contribution in [-0.4, -0.2) is 152 Å². The third-order valence-corrected chi connectivity index (χ3v) is 10.9. The molecule has 16 atom stereocenters. The van der Waals surface area contributed by atoms with Crippen molar-refractivity contribution in [2.45, 2.75) is 190 Å². The fourth-order valence-electron chi connectivity index (χ4n) is 7.78. The Kier molecular flexibility index (Phi) is 20.7. The molecular formula is C38H74N4O12. The number of ether oxygens (including phenoxy) is 12. The summed E-state index contributed by atoms with van der Waals surface area (Å²) in [6.45, 7) is 11.4. The SMILES string of the molecule is CO[C@@H]1C[C@H](N)[C@H](OCCCCO[C@@H]2[C@H](C)O[C@@H](OCCCCO[C@H]3C[C@H](N)[C@H](OCCCCO[C@@H]4[C@H](C)O[C@H](OC)C[C@@H]4N)[C@H](C)O3)C[C@@H]2N)[C@H](C)O1. The summed E-state index contributed by atoms with van der Waals surface area (Å²) in [5, 5.41) is 0. The van der Waals surface area contributed by atoms with Crippen LogP contribution < -0.4 is 22.9 Å². The molecule has 0 spiro atoms. The zero-order valence-electron chi connectivity index (χ0n) is 33.8. The minimum absolute atomic E-state index is 0.112. The molecule has 0 amide bonds. The minimum atomic E-state index is -0.353. The lowest BCUT2D eigenvalue weighted by atomic mass is 10.00. The lowest BCUT2D eigenvalue weighted by Gasteiger charge is -2.39. The van der Waals surface area contributed by atoms with Crippen LogP contribution in [-0.2, 0) is 56.8 Å². The molecule has 0 bridgehead atoms. The van der Waals surface area contributed by atoms with Crippen molar-refractivity contribution < 1.29 is 56.8 Å². The summed E-state index contributed by atoms with van der Waals surface area (Å²) in [5.41, 5.74) is 25.5. The van der Waals surface area contributed by atoms with Crippen molar-refractivity contribution in [3.8, 4) is 0 Å². The molecule has 16 nitrogen and oxygen atoms in total. The maximum Gasteiger partial charge on any atom is 0.159 e. The summed E-state index contributed by atoms with van der Waals surface area (Å²) in [4.78, 5) is 0. The zero-order chi connectivity index (χ0) is 39.0. The number of methoxy groups -OCH3 is 2. The van der Waals surface area contributed by atoms with Gasteiger partial charge >= 0.3 is 0 Å². The van der Waals surface area contributed by atoms with Gasteiger partial charge in [-0.25, -0.2) is 0 Å². The van der Waals surface area contributed by atoms with Crippen LogP contribution >= 0.6 is 0 Å². The first-order valence-electron chi connectivity index (χ1n) is 20.4. The predicted molar refractivity (Wildman–Crippen MR) is 200 cm³/mol. The van der Waals surface area contributed by atoms with Gasteiger partial charge < -0.3 is 79.8 Å². The Morgan fingerprint density at radius 2 is 0.593 bits per heavy atom. The molecule has 16 heteroatoms. The van der Waals surface area contributed by atoms with Gasteiger partial charge in [0, 0.05) is 104 Å². The van der Waals surface area contributed by atoms with Gasteiger partial charge in [0.1, 0.15) is 0 Å². The van der Waals surface area contributed by atoms with Crippen LogP contribution in [0.1, 0.15) is 91.9 Å². The molecule has 0 radical (unpaired) electrons. The molecule has 0 aromatic rings. The lowest BCUT2D eigenvalue weighted by Crippen LogP contribution is -2.53. The van der Waals surface area contributed by atoms with Crippen molar-refractivity contribution in [3.05, 3.63) is 0 Å². The van der Waals surface area contributed by atoms with Gasteiger partial charge in [-0.2, -0.15) is 0 Å². The molecule has 8 N–H and O–H groups in total. The molecule has 4 aliphatic rings. The molecule has 4 saturated heterocycles. The summed E-state index contributed by atoms with van der Waals surface area (Å²) in [7, 11) is 3.26. The van der Waals surface area contributed by atoms with E-state index < -0.39 is 0 Å². The van der Waals surface area contributed by atoms with Gasteiger partial charge in [-0.1, -0.05) is 0 Å². The van der Waals surface area contributed by atoms with Crippen LogP contribution in [0.15, 0.2) is 0 Å². The third kappa shape index (κ3) is 14.6. The first-order valence-corrected chi connectivity index (χ1v) is 20.4. The first-order chi connectivity index (χ1) is 26.0. The summed E-state index contributed by atoms with van der Waals surface area (Å²) in [5.74, 6) is 0. The number of unbranched alkanes of at least 4 members (excludes halogenated alkanes) is 3. The van der Waals surface area contributed by atoms with Crippen molar-refractivity contribution in [1.29, 1.82) is 0 Å². The maximum atomic E-state index is 6.49. The van der Waals surface area contributed by atoms with Crippen molar-refractivity contribution in [2.24, 2.45) is 22.9 Å². The van der Waals surface area contributed by atoms with E-state index in [1.807, 2.05) is 27.7 Å². The van der Waals surface area contributed by atoms with Gasteiger partial charge in [-0.15, -0.1) is 0 Å². The quantitative estimate of drug-likeness (QED) is 0.109. The number of hydrogen-bond donors (Lipinski definition) is 4. The Morgan fingerprint density at radius 1 is 0.370 bits per heavy atom. The van der Waals surface area contributed by atoms with Crippen molar-refractivity contribution in [1.82, 2.24) is 0 Å². The largest absolute Gasteiger partial charge is 0.374 e. The van der Waals surface area contributed by atoms with Crippen LogP contribution in [0.4, 0.5) is 0 Å². The zero-order valence-corrected chi connectivity index (χ0v) is 33.8. The predicted octanol–water partition coefficient (Wildman–Crippen LogP) is 2.04. The van der Waals surface area contributed by atoms with Crippen molar-refractivity contribution in [2.75, 3.05) is 53.9 Å². The fourth-order valence-corrected chi connectivity index (χ4v) is 7.78. The van der Waals surface area contributed by atoms with Gasteiger partial charge in [0.05, 0.1) is 48.8 Å². The molecule has 4 fully saturated rings. The van der Waals surface area contributed by atoms with Gasteiger partial charge in [0.15, 0.2) is 25.2 Å². The summed E-state index contributed by atoms with van der Waals surface area (Å²) in [6.07, 6.45) is 4.99. The molecule has 0 saturated carbocycles. The summed E-state index contributed by atoms with van der Waals surface area (Å²) < 4.78 is 70.8. The number of nitrogens with two attached hydrogens (primary N) is 4. The number of hydrogen-bond acceptors (Lipinski definition) is 16. The Morgan fingerprint density at radius 3 is 0.833 bits per heavy atom. The van der Waals surface area contributed by atoms with Crippen molar-refractivity contribution in [3.63, 3.8) is 0 Å². The van der Waals surface area contributed by atoms with Crippen LogP contribution in [0.5, 0.6) is 0 Å². The van der Waals surface area contributed by atoms with E-state index in [4.69, 9.17) is 79.8 Å². The van der Waals surface area contributed by atoms with Crippen LogP contribution in [0, 0.1) is 0 Å². The fraction of sp³-hybridized carbons (Fsp3) is 1.00. The summed E-state index contributed by atoms with van der Waals surface area (Å²) in [6, 6.07) is -0.563. The molecule has 318 valence electrons. The molecular weight excluding hydrogens is 704 g/mol. The van der Waals surface area contributed by atoms with E-state index in [-0.39, 0.29) is 98.2 Å². The third-order valence-electron chi connectivity index (χ3n) is 10.9. The minimum Gasteiger partial charge on any atom is -0.374 e. The monoisotopic (exact) mass is 779 g/mol. The van der Waals surface area contributed by atoms with E-state index in [1.165, 1.54) is 0 Å². The molecule has 0 aromatic carbocycles. The molecule has 4 aliphatic heterocycles. The average molecular weight is 779 g/mol. The van der Waals surface area contributed by atoms with Crippen molar-refractivity contribution >= 4 is 0 Å². The molecule has 0 aromatic heterocycles. The van der Waals surface area contributed by atoms with E-state index in [1.54, 1.807) is 14.2 Å². The second kappa shape index (κ2) is 24.3. The average Bonchev–Trinajstić information content (AvgIpc) is 3.12. The smallest absolute Gasteiger partial charge is 0.159 e. The highest BCUT2D eigenvalue weighted by Gasteiger charge is 2.38. The topological polar surface area (TPSA) is 215 Å². The second-order valence-corrected chi connectivity index (χ2v) is 15.4. The lowest BCUT2D eigenvalue weighted by molar-refractivity contribution is -0.235. The Labute approximate surface area is 323 Å². The normalized spacial score (nSPS) is 40.6. The van der Waals surface area contributed by atoms with E-state index in [0.717, 1.165) is 38.5 Å². The first kappa shape index (κ1) is 46.1. The van der Waals surface area contributed by atoms with Gasteiger partial charge in [0.2, 0.25) is 0 Å². The van der Waals surface area contributed by atoms with E-state index in [2.05, 4.69) is 0 Å². The highest BCUT2D eigenvalue weighted by molar-refractivity contribution is 4.88. The standard InChI is InChI=1S/C38H74N4O12/c1-23-35(27(39)19-31(43-5)51-23)47-15-9-11-17-49-37-25(3)53-33(21-29(37)41)45-13-7-8-14-46-34-22-30(42)38(26(4)54-34)50-18-12-10-16-48-36-24(2)52-32(44-6)20-28(36)40/h23-38H,7-22,39-42H2,1-6H3/t23-,24-,25-,26-,27-,28-,29-,30-,31-,32-,33+,34+,35+,36+,37+,38+/m0/s1. The van der Waals surface area contributed by atoms with Gasteiger partial charge in [-0.3, -0.25) is 0 Å². The Hall–Kier alpha value is -0.640. The maximum absolute atomic E-state index is 6.49. The highest BCUT2D eigenvalue weighted by atomic mass is 16.7. The molecule has 0 unspecified atom stereocenters. The van der Waals surface area contributed by atoms with E-state index in [9.17, 15) is 0 Å². The van der Waals surface area contributed by atoms with E-state index >= 15 is 0 Å². The Balaban J connectivity index is 0.975. The molecule has 4 rings (SSSR count). The van der Waals surface area contributed by atoms with Gasteiger partial charge in [0.25, 0.3) is 0 Å². The molecule has 54 heavy (non-hydrogen) atoms. The highest BCUT2D eigenvalue weighted by Crippen LogP contribution is 2.26. The number of rotatable bonds is 23. The molecule has 0 aliphatic carbocycles. The second-order valence-electron chi connectivity index (χ2n) is 15.4. The van der Waals surface area contributed by atoms with Crippen LogP contribution in [0.2, 0.25) is 0 Å². The van der Waals surface area contributed by atoms with E-state index in [0.29, 0.717) is 65.3 Å². The molecule has 4 heterocycles. The van der Waals surface area contributed by atoms with Crippen LogP contribution in [0.3, 0.4) is 0 Å². The summed E-state index contributed by atoms with van der Waals surface area (Å²) >= 11 is 0. The van der Waals surface area contributed by atoms with Crippen LogP contribution in [0.25, 0.3) is 0 Å². The van der Waals surface area contributed by atoms with Gasteiger partial charge in [-0.05, 0) is 66.2 Å².